The molecule has 3 rings (SSSR count). The first-order chi connectivity index (χ1) is 13.7. The molecule has 1 amide bonds. The molecular formula is C18H16BrF4N3O3. The number of nitrogens with one attached hydrogen (secondary N) is 1. The SMILES string of the molecule is O=C(Nc1ccc(OC(F)(F)F)c(F)c1)c1cnc(N2CCC(CO)C2)c(Br)c1. The number of halogens is 5. The monoisotopic (exact) mass is 477 g/mol. The molecule has 29 heavy (non-hydrogen) atoms. The summed E-state index contributed by atoms with van der Waals surface area (Å²) in [5.74, 6) is -2.05. The van der Waals surface area contributed by atoms with Gasteiger partial charge in [-0.15, -0.1) is 13.2 Å². The van der Waals surface area contributed by atoms with Crippen molar-refractivity contribution >= 4 is 33.3 Å². The van der Waals surface area contributed by atoms with Crippen LogP contribution in [0.2, 0.25) is 0 Å². The first-order valence-electron chi connectivity index (χ1n) is 8.54. The molecule has 1 aromatic carbocycles. The van der Waals surface area contributed by atoms with Gasteiger partial charge in [0.05, 0.1) is 10.0 Å². The Bertz CT molecular complexity index is 910. The van der Waals surface area contributed by atoms with E-state index < -0.39 is 23.8 Å². The van der Waals surface area contributed by atoms with Crippen molar-refractivity contribution in [3.8, 4) is 5.75 Å². The van der Waals surface area contributed by atoms with E-state index in [4.69, 9.17) is 0 Å². The molecule has 0 spiro atoms. The van der Waals surface area contributed by atoms with Gasteiger partial charge in [0.25, 0.3) is 5.91 Å². The van der Waals surface area contributed by atoms with Crippen molar-refractivity contribution < 1.29 is 32.2 Å². The fourth-order valence-corrected chi connectivity index (χ4v) is 3.55. The molecular weight excluding hydrogens is 462 g/mol. The Morgan fingerprint density at radius 3 is 2.72 bits per heavy atom. The fraction of sp³-hybridized carbons (Fsp3) is 0.333. The molecule has 1 aromatic heterocycles. The number of carbonyl (C=O) groups excluding carboxylic acids is 1. The zero-order chi connectivity index (χ0) is 21.2. The number of alkyl halides is 3. The predicted molar refractivity (Wildman–Crippen MR) is 100 cm³/mol. The zero-order valence-electron chi connectivity index (χ0n) is 14.8. The van der Waals surface area contributed by atoms with E-state index in [0.717, 1.165) is 31.2 Å². The van der Waals surface area contributed by atoms with Crippen molar-refractivity contribution in [1.29, 1.82) is 0 Å². The van der Waals surface area contributed by atoms with Crippen LogP contribution in [0.5, 0.6) is 5.75 Å². The van der Waals surface area contributed by atoms with Crippen molar-refractivity contribution in [2.75, 3.05) is 29.9 Å². The summed E-state index contributed by atoms with van der Waals surface area (Å²) in [4.78, 5) is 18.6. The highest BCUT2D eigenvalue weighted by atomic mass is 79.9. The Kier molecular flexibility index (Phi) is 6.27. The molecule has 0 bridgehead atoms. The minimum atomic E-state index is -5.02. The van der Waals surface area contributed by atoms with Gasteiger partial charge in [-0.3, -0.25) is 4.79 Å². The van der Waals surface area contributed by atoms with Crippen LogP contribution in [0.15, 0.2) is 34.9 Å². The number of rotatable bonds is 5. The summed E-state index contributed by atoms with van der Waals surface area (Å²) in [5.41, 5.74) is 0.141. The first-order valence-corrected chi connectivity index (χ1v) is 9.33. The van der Waals surface area contributed by atoms with Crippen LogP contribution >= 0.6 is 15.9 Å². The Morgan fingerprint density at radius 1 is 1.38 bits per heavy atom. The second-order valence-corrected chi connectivity index (χ2v) is 7.31. The second kappa shape index (κ2) is 8.54. The van der Waals surface area contributed by atoms with E-state index in [9.17, 15) is 27.5 Å². The molecule has 1 aliphatic rings. The summed E-state index contributed by atoms with van der Waals surface area (Å²) in [6, 6.07) is 4.15. The highest BCUT2D eigenvalue weighted by molar-refractivity contribution is 9.10. The van der Waals surface area contributed by atoms with Crippen molar-refractivity contribution in [2.45, 2.75) is 12.8 Å². The van der Waals surface area contributed by atoms with Crippen LogP contribution in [0.4, 0.5) is 29.1 Å². The van der Waals surface area contributed by atoms with E-state index in [1.54, 1.807) is 6.07 Å². The highest BCUT2D eigenvalue weighted by Crippen LogP contribution is 2.30. The smallest absolute Gasteiger partial charge is 0.403 e. The molecule has 1 saturated heterocycles. The quantitative estimate of drug-likeness (QED) is 0.637. The van der Waals surface area contributed by atoms with Gasteiger partial charge in [-0.2, -0.15) is 0 Å². The molecule has 1 fully saturated rings. The van der Waals surface area contributed by atoms with Gasteiger partial charge in [0, 0.05) is 43.6 Å². The lowest BCUT2D eigenvalue weighted by molar-refractivity contribution is -0.275. The fourth-order valence-electron chi connectivity index (χ4n) is 2.95. The number of carbonyl (C=O) groups is 1. The van der Waals surface area contributed by atoms with E-state index in [-0.39, 0.29) is 23.8 Å². The maximum Gasteiger partial charge on any atom is 0.573 e. The summed E-state index contributed by atoms with van der Waals surface area (Å²) >= 11 is 3.37. The summed E-state index contributed by atoms with van der Waals surface area (Å²) in [7, 11) is 0. The maximum atomic E-state index is 13.8. The number of ether oxygens (including phenoxy) is 1. The molecule has 1 unspecified atom stereocenters. The van der Waals surface area contributed by atoms with Gasteiger partial charge >= 0.3 is 6.36 Å². The number of pyridine rings is 1. The number of hydrogen-bond donors (Lipinski definition) is 2. The van der Waals surface area contributed by atoms with Gasteiger partial charge in [0.15, 0.2) is 11.6 Å². The van der Waals surface area contributed by atoms with E-state index in [1.165, 1.54) is 6.20 Å². The van der Waals surface area contributed by atoms with Gasteiger partial charge in [0.2, 0.25) is 0 Å². The van der Waals surface area contributed by atoms with Crippen LogP contribution in [-0.2, 0) is 0 Å². The molecule has 1 aliphatic heterocycles. The van der Waals surface area contributed by atoms with Gasteiger partial charge < -0.3 is 20.1 Å². The Hall–Kier alpha value is -2.40. The zero-order valence-corrected chi connectivity index (χ0v) is 16.4. The third kappa shape index (κ3) is 5.36. The van der Waals surface area contributed by atoms with E-state index in [1.807, 2.05) is 4.90 Å². The van der Waals surface area contributed by atoms with Crippen molar-refractivity contribution in [3.63, 3.8) is 0 Å². The Balaban J connectivity index is 1.69. The Morgan fingerprint density at radius 2 is 2.14 bits per heavy atom. The average molecular weight is 478 g/mol. The third-order valence-corrected chi connectivity index (χ3v) is 4.93. The maximum absolute atomic E-state index is 13.8. The third-order valence-electron chi connectivity index (χ3n) is 4.34. The highest BCUT2D eigenvalue weighted by Gasteiger charge is 2.32. The number of hydrogen-bond acceptors (Lipinski definition) is 5. The number of nitrogens with zero attached hydrogens (tertiary/aromatic N) is 2. The van der Waals surface area contributed by atoms with Gasteiger partial charge in [-0.1, -0.05) is 0 Å². The number of anilines is 2. The van der Waals surface area contributed by atoms with Crippen LogP contribution < -0.4 is 15.0 Å². The number of benzene rings is 1. The molecule has 0 radical (unpaired) electrons. The van der Waals surface area contributed by atoms with Crippen molar-refractivity contribution in [2.24, 2.45) is 5.92 Å². The van der Waals surface area contributed by atoms with Crippen LogP contribution in [0.3, 0.4) is 0 Å². The summed E-state index contributed by atoms with van der Waals surface area (Å²) in [6.45, 7) is 1.48. The number of aliphatic hydroxyl groups excluding tert-OH is 1. The topological polar surface area (TPSA) is 74.7 Å². The van der Waals surface area contributed by atoms with E-state index in [2.05, 4.69) is 31.0 Å². The minimum Gasteiger partial charge on any atom is -0.403 e. The van der Waals surface area contributed by atoms with Gasteiger partial charge in [-0.25, -0.2) is 9.37 Å². The van der Waals surface area contributed by atoms with Crippen LogP contribution in [-0.4, -0.2) is 42.1 Å². The molecule has 156 valence electrons. The molecule has 2 aromatic rings. The lowest BCUT2D eigenvalue weighted by Gasteiger charge is -2.19. The molecule has 0 aliphatic carbocycles. The molecule has 1 atom stereocenters. The summed E-state index contributed by atoms with van der Waals surface area (Å²) in [6.07, 6.45) is -2.83. The second-order valence-electron chi connectivity index (χ2n) is 6.46. The summed E-state index contributed by atoms with van der Waals surface area (Å²) in [5, 5.41) is 11.6. The number of aromatic nitrogens is 1. The van der Waals surface area contributed by atoms with E-state index in [0.29, 0.717) is 16.8 Å². The number of aliphatic hydroxyl groups is 1. The lowest BCUT2D eigenvalue weighted by Crippen LogP contribution is -2.22. The standard InChI is InChI=1S/C18H16BrF4N3O3/c19-13-5-11(7-24-16(13)26-4-3-10(8-26)9-27)17(28)25-12-1-2-15(14(20)6-12)29-18(21,22)23/h1-2,5-7,10,27H,3-4,8-9H2,(H,25,28). The predicted octanol–water partition coefficient (Wildman–Crippen LogP) is 3.95. The number of amides is 1. The van der Waals surface area contributed by atoms with Crippen molar-refractivity contribution in [3.05, 3.63) is 46.3 Å². The first kappa shape index (κ1) is 21.3. The molecule has 2 N–H and O–H groups in total. The minimum absolute atomic E-state index is 0.0347. The molecule has 11 heteroatoms. The van der Waals surface area contributed by atoms with Crippen LogP contribution in [0, 0.1) is 11.7 Å². The molecule has 2 heterocycles. The average Bonchev–Trinajstić information content (AvgIpc) is 3.12. The lowest BCUT2D eigenvalue weighted by atomic mass is 10.1. The van der Waals surface area contributed by atoms with Crippen LogP contribution in [0.25, 0.3) is 0 Å². The Labute approximate surface area is 171 Å². The molecule has 6 nitrogen and oxygen atoms in total. The molecule has 0 saturated carbocycles. The van der Waals surface area contributed by atoms with Gasteiger partial charge in [0.1, 0.15) is 5.82 Å². The van der Waals surface area contributed by atoms with Gasteiger partial charge in [-0.05, 0) is 40.5 Å². The summed E-state index contributed by atoms with van der Waals surface area (Å²) < 4.78 is 54.5. The van der Waals surface area contributed by atoms with Crippen LogP contribution in [0.1, 0.15) is 16.8 Å². The van der Waals surface area contributed by atoms with E-state index >= 15 is 0 Å². The normalized spacial score (nSPS) is 16.8. The largest absolute Gasteiger partial charge is 0.573 e. The van der Waals surface area contributed by atoms with Crippen molar-refractivity contribution in [1.82, 2.24) is 4.98 Å².